The Morgan fingerprint density at radius 1 is 1.13 bits per heavy atom. The largest absolute Gasteiger partial charge is 0.465 e. The monoisotopic (exact) mass is 418 g/mol. The average Bonchev–Trinajstić information content (AvgIpc) is 3.20. The van der Waals surface area contributed by atoms with Crippen molar-refractivity contribution < 1.29 is 9.53 Å². The third kappa shape index (κ3) is 3.59. The number of ether oxygens (including phenoxy) is 1. The van der Waals surface area contributed by atoms with Gasteiger partial charge in [-0.05, 0) is 42.2 Å². The van der Waals surface area contributed by atoms with Crippen molar-refractivity contribution in [1.82, 2.24) is 19.0 Å². The second-order valence-corrected chi connectivity index (χ2v) is 8.63. The molecule has 0 radical (unpaired) electrons. The Kier molecular flexibility index (Phi) is 4.98. The lowest BCUT2D eigenvalue weighted by Crippen LogP contribution is -2.47. The van der Waals surface area contributed by atoms with Crippen LogP contribution in [0.5, 0.6) is 0 Å². The van der Waals surface area contributed by atoms with Gasteiger partial charge in [-0.2, -0.15) is 0 Å². The smallest absolute Gasteiger partial charge is 0.337 e. The highest BCUT2D eigenvalue weighted by molar-refractivity contribution is 5.89. The van der Waals surface area contributed by atoms with Crippen LogP contribution in [0.25, 0.3) is 11.4 Å². The molecule has 0 aliphatic carbocycles. The molecule has 1 fully saturated rings. The number of carbonyl (C=O) groups excluding carboxylic acids is 1. The summed E-state index contributed by atoms with van der Waals surface area (Å²) in [7, 11) is 3.31. The van der Waals surface area contributed by atoms with Gasteiger partial charge in [-0.3, -0.25) is 9.69 Å². The summed E-state index contributed by atoms with van der Waals surface area (Å²) < 4.78 is 8.64. The van der Waals surface area contributed by atoms with Crippen molar-refractivity contribution >= 4 is 5.97 Å². The number of methoxy groups -OCH3 is 1. The number of piperidine rings is 1. The van der Waals surface area contributed by atoms with Gasteiger partial charge in [-0.25, -0.2) is 9.78 Å². The Morgan fingerprint density at radius 2 is 1.94 bits per heavy atom. The molecule has 2 bridgehead atoms. The second kappa shape index (κ2) is 7.81. The van der Waals surface area contributed by atoms with Gasteiger partial charge in [0.25, 0.3) is 5.56 Å². The van der Waals surface area contributed by atoms with Crippen LogP contribution in [-0.4, -0.2) is 45.2 Å². The summed E-state index contributed by atoms with van der Waals surface area (Å²) in [4.78, 5) is 31.7. The molecule has 160 valence electrons. The molecule has 1 saturated heterocycles. The summed E-state index contributed by atoms with van der Waals surface area (Å²) in [5.41, 5.74) is 3.60. The van der Waals surface area contributed by atoms with Gasteiger partial charge in [0.05, 0.1) is 18.2 Å². The lowest BCUT2D eigenvalue weighted by Gasteiger charge is -2.43. The molecule has 0 amide bonds. The van der Waals surface area contributed by atoms with E-state index in [1.54, 1.807) is 6.20 Å². The van der Waals surface area contributed by atoms with Gasteiger partial charge in [0.2, 0.25) is 0 Å². The number of aryl methyl sites for hydroxylation is 1. The highest BCUT2D eigenvalue weighted by Gasteiger charge is 2.35. The van der Waals surface area contributed by atoms with E-state index in [4.69, 9.17) is 4.74 Å². The predicted octanol–water partition coefficient (Wildman–Crippen LogP) is 2.65. The number of hydrogen-bond acceptors (Lipinski definition) is 5. The predicted molar refractivity (Wildman–Crippen MR) is 117 cm³/mol. The maximum Gasteiger partial charge on any atom is 0.337 e. The number of aromatic nitrogens is 3. The van der Waals surface area contributed by atoms with Crippen molar-refractivity contribution in [2.45, 2.75) is 25.4 Å². The van der Waals surface area contributed by atoms with E-state index in [0.29, 0.717) is 28.8 Å². The lowest BCUT2D eigenvalue weighted by molar-refractivity contribution is 0.0600. The standard InChI is InChI=1S/C24H26N4O3/c1-26-10-9-25-22(26)20-7-8-21-19-11-17(14-28(21)23(20)29)13-27(15-19)12-16-3-5-18(6-4-16)24(30)31-2/h3-10,17,19H,11-15H2,1-2H3/t17-,19+/m0/s1. The van der Waals surface area contributed by atoms with Gasteiger partial charge in [0.15, 0.2) is 0 Å². The molecule has 5 rings (SSSR count). The third-order valence-electron chi connectivity index (χ3n) is 6.52. The summed E-state index contributed by atoms with van der Waals surface area (Å²) in [6, 6.07) is 11.7. The van der Waals surface area contributed by atoms with Crippen molar-refractivity contribution in [2.24, 2.45) is 13.0 Å². The number of carbonyl (C=O) groups is 1. The lowest BCUT2D eigenvalue weighted by atomic mass is 9.82. The number of rotatable bonds is 4. The van der Waals surface area contributed by atoms with Crippen molar-refractivity contribution in [1.29, 1.82) is 0 Å². The molecule has 0 N–H and O–H groups in total. The zero-order valence-corrected chi connectivity index (χ0v) is 17.8. The summed E-state index contributed by atoms with van der Waals surface area (Å²) in [5, 5.41) is 0. The van der Waals surface area contributed by atoms with Crippen LogP contribution in [0, 0.1) is 5.92 Å². The molecule has 2 aromatic heterocycles. The fourth-order valence-electron chi connectivity index (χ4n) is 5.09. The number of nitrogens with zero attached hydrogens (tertiary/aromatic N) is 4. The number of benzene rings is 1. The number of fused-ring (bicyclic) bond motifs is 4. The molecular weight excluding hydrogens is 392 g/mol. The third-order valence-corrected chi connectivity index (χ3v) is 6.52. The van der Waals surface area contributed by atoms with Crippen LogP contribution in [0.15, 0.2) is 53.6 Å². The van der Waals surface area contributed by atoms with E-state index in [1.807, 2.05) is 52.7 Å². The van der Waals surface area contributed by atoms with E-state index < -0.39 is 0 Å². The number of likely N-dealkylation sites (tertiary alicyclic amines) is 1. The van der Waals surface area contributed by atoms with Crippen LogP contribution >= 0.6 is 0 Å². The fourth-order valence-corrected chi connectivity index (χ4v) is 5.09. The zero-order valence-electron chi connectivity index (χ0n) is 17.8. The maximum absolute atomic E-state index is 13.2. The minimum absolute atomic E-state index is 0.0633. The Balaban J connectivity index is 1.36. The first-order valence-electron chi connectivity index (χ1n) is 10.6. The molecule has 2 aliphatic heterocycles. The van der Waals surface area contributed by atoms with Gasteiger partial charge in [0.1, 0.15) is 5.82 Å². The summed E-state index contributed by atoms with van der Waals surface area (Å²) in [6.07, 6.45) is 4.71. The number of esters is 1. The van der Waals surface area contributed by atoms with Crippen molar-refractivity contribution in [3.63, 3.8) is 0 Å². The van der Waals surface area contributed by atoms with Crippen molar-refractivity contribution in [3.05, 3.63) is 76.0 Å². The van der Waals surface area contributed by atoms with Crippen LogP contribution in [0.2, 0.25) is 0 Å². The van der Waals surface area contributed by atoms with Gasteiger partial charge in [-0.15, -0.1) is 0 Å². The molecule has 31 heavy (non-hydrogen) atoms. The first kappa shape index (κ1) is 19.8. The second-order valence-electron chi connectivity index (χ2n) is 8.63. The van der Waals surface area contributed by atoms with Crippen LogP contribution in [0.4, 0.5) is 0 Å². The molecule has 0 unspecified atom stereocenters. The summed E-state index contributed by atoms with van der Waals surface area (Å²) >= 11 is 0. The average molecular weight is 418 g/mol. The fraction of sp³-hybridized carbons (Fsp3) is 0.375. The molecule has 3 aromatic rings. The van der Waals surface area contributed by atoms with Gasteiger partial charge in [-0.1, -0.05) is 12.1 Å². The zero-order chi connectivity index (χ0) is 21.5. The number of imidazole rings is 1. The molecule has 7 nitrogen and oxygen atoms in total. The van der Waals surface area contributed by atoms with E-state index >= 15 is 0 Å². The maximum atomic E-state index is 13.2. The Bertz CT molecular complexity index is 1180. The minimum atomic E-state index is -0.314. The van der Waals surface area contributed by atoms with Crippen LogP contribution < -0.4 is 5.56 Å². The molecule has 7 heteroatoms. The number of hydrogen-bond donors (Lipinski definition) is 0. The van der Waals surface area contributed by atoms with Crippen molar-refractivity contribution in [3.8, 4) is 11.4 Å². The number of pyridine rings is 1. The molecule has 2 atom stereocenters. The molecule has 2 aliphatic rings. The SMILES string of the molecule is COC(=O)c1ccc(CN2C[C@@H]3C[C@H](C2)c2ccc(-c4nccn4C)c(=O)n2C3)cc1. The molecule has 4 heterocycles. The topological polar surface area (TPSA) is 69.4 Å². The summed E-state index contributed by atoms with van der Waals surface area (Å²) in [6.45, 7) is 3.48. The highest BCUT2D eigenvalue weighted by atomic mass is 16.5. The van der Waals surface area contributed by atoms with E-state index in [2.05, 4.69) is 16.0 Å². The van der Waals surface area contributed by atoms with E-state index in [9.17, 15) is 9.59 Å². The Hall–Kier alpha value is -3.19. The van der Waals surface area contributed by atoms with Crippen molar-refractivity contribution in [2.75, 3.05) is 20.2 Å². The molecule has 1 aromatic carbocycles. The van der Waals surface area contributed by atoms with Gasteiger partial charge < -0.3 is 13.9 Å². The van der Waals surface area contributed by atoms with Crippen LogP contribution in [-0.2, 0) is 24.9 Å². The van der Waals surface area contributed by atoms with Gasteiger partial charge in [0, 0.05) is 57.2 Å². The Labute approximate surface area is 180 Å². The summed E-state index contributed by atoms with van der Waals surface area (Å²) in [5.74, 6) is 1.21. The van der Waals surface area contributed by atoms with Crippen LogP contribution in [0.1, 0.15) is 34.0 Å². The van der Waals surface area contributed by atoms with Gasteiger partial charge >= 0.3 is 5.97 Å². The minimum Gasteiger partial charge on any atom is -0.465 e. The molecular formula is C24H26N4O3. The van der Waals surface area contributed by atoms with E-state index in [1.165, 1.54) is 12.7 Å². The molecule has 0 spiro atoms. The molecule has 0 saturated carbocycles. The quantitative estimate of drug-likeness (QED) is 0.610. The Morgan fingerprint density at radius 3 is 2.65 bits per heavy atom. The van der Waals surface area contributed by atoms with Crippen LogP contribution in [0.3, 0.4) is 0 Å². The first-order valence-corrected chi connectivity index (χ1v) is 10.6. The van der Waals surface area contributed by atoms with E-state index in [-0.39, 0.29) is 11.5 Å². The van der Waals surface area contributed by atoms with E-state index in [0.717, 1.165) is 38.3 Å². The highest BCUT2D eigenvalue weighted by Crippen LogP contribution is 2.36. The normalized spacial score (nSPS) is 20.3. The first-order chi connectivity index (χ1) is 15.0.